The van der Waals surface area contributed by atoms with Crippen molar-refractivity contribution in [3.63, 3.8) is 0 Å². The van der Waals surface area contributed by atoms with Crippen LogP contribution in [0.1, 0.15) is 297 Å². The Hall–Kier alpha value is -0.660. The Balaban J connectivity index is 2.14. The average molecular weight is 743 g/mol. The first kappa shape index (κ1) is 50.4. The molecule has 0 aromatic carbocycles. The number of rotatable bonds is 45. The van der Waals surface area contributed by atoms with Crippen LogP contribution in [0, 0.1) is 0 Å². The summed E-state index contributed by atoms with van der Waals surface area (Å²) in [6.45, 7) is 9.49. The highest BCUT2D eigenvalue weighted by atomic mass is 15.4. The number of hydrogen-bond donors (Lipinski definition) is 0. The van der Waals surface area contributed by atoms with Crippen molar-refractivity contribution in [2.24, 2.45) is 0 Å². The fraction of sp³-hybridized carbons (Fsp3) is 0.961. The van der Waals surface area contributed by atoms with E-state index in [1.54, 1.807) is 0 Å². The lowest BCUT2D eigenvalue weighted by Crippen LogP contribution is -2.39. The number of unbranched alkanes of at least 4 members (excludes halogenated alkanes) is 39. The van der Waals surface area contributed by atoms with Crippen LogP contribution in [0.5, 0.6) is 0 Å². The normalized spacial score (nSPS) is 14.4. The predicted molar refractivity (Wildman–Crippen MR) is 242 cm³/mol. The Labute approximate surface area is 337 Å². The lowest BCUT2D eigenvalue weighted by atomic mass is 10.0. The molecule has 0 spiro atoms. The van der Waals surface area contributed by atoms with E-state index in [2.05, 4.69) is 43.0 Å². The second-order valence-corrected chi connectivity index (χ2v) is 17.8. The summed E-state index contributed by atoms with van der Waals surface area (Å²) in [6, 6.07) is 0. The molecule has 0 aromatic rings. The van der Waals surface area contributed by atoms with E-state index >= 15 is 0 Å². The average Bonchev–Trinajstić information content (AvgIpc) is 3.55. The van der Waals surface area contributed by atoms with Crippen molar-refractivity contribution in [2.45, 2.75) is 303 Å². The van der Waals surface area contributed by atoms with Gasteiger partial charge in [-0.1, -0.05) is 271 Å². The molecule has 0 aliphatic carbocycles. The summed E-state index contributed by atoms with van der Waals surface area (Å²) >= 11 is 0. The standard InChI is InChI=1S/C51H102N2/c1-4-7-10-13-16-19-21-23-25-27-29-31-33-35-37-40-43-46-51-52(47-44-41-38-18-15-12-9-6-3)49-50-53(51)48-45-42-39-36-34-32-30-28-26-24-22-20-17-14-11-8-5-2/h49-51H,4-48H2,1-3H3. The molecule has 2 heteroatoms. The molecule has 1 aliphatic rings. The van der Waals surface area contributed by atoms with E-state index in [0.29, 0.717) is 6.17 Å². The van der Waals surface area contributed by atoms with Crippen molar-refractivity contribution in [1.82, 2.24) is 9.80 Å². The summed E-state index contributed by atoms with van der Waals surface area (Å²) in [6.07, 6.45) is 67.9. The highest BCUT2D eigenvalue weighted by Gasteiger charge is 2.24. The predicted octanol–water partition coefficient (Wildman–Crippen LogP) is 18.2. The van der Waals surface area contributed by atoms with Crippen LogP contribution in [0.25, 0.3) is 0 Å². The van der Waals surface area contributed by atoms with Crippen molar-refractivity contribution >= 4 is 0 Å². The first-order chi connectivity index (χ1) is 26.3. The monoisotopic (exact) mass is 743 g/mol. The van der Waals surface area contributed by atoms with E-state index in [1.807, 2.05) is 0 Å². The first-order valence-corrected chi connectivity index (χ1v) is 25.5. The molecular weight excluding hydrogens is 641 g/mol. The molecule has 0 radical (unpaired) electrons. The minimum Gasteiger partial charge on any atom is -0.356 e. The molecule has 1 unspecified atom stereocenters. The van der Waals surface area contributed by atoms with Crippen LogP contribution in [0.2, 0.25) is 0 Å². The van der Waals surface area contributed by atoms with Gasteiger partial charge in [0.1, 0.15) is 6.17 Å². The summed E-state index contributed by atoms with van der Waals surface area (Å²) in [7, 11) is 0. The van der Waals surface area contributed by atoms with Crippen LogP contribution in [0.15, 0.2) is 12.4 Å². The Morgan fingerprint density at radius 3 is 0.660 bits per heavy atom. The molecule has 0 aromatic heterocycles. The van der Waals surface area contributed by atoms with Crippen LogP contribution >= 0.6 is 0 Å². The van der Waals surface area contributed by atoms with Gasteiger partial charge in [-0.3, -0.25) is 0 Å². The van der Waals surface area contributed by atoms with Gasteiger partial charge in [0.15, 0.2) is 0 Å². The largest absolute Gasteiger partial charge is 0.356 e. The van der Waals surface area contributed by atoms with E-state index in [4.69, 9.17) is 0 Å². The fourth-order valence-corrected chi connectivity index (χ4v) is 8.84. The van der Waals surface area contributed by atoms with Gasteiger partial charge in [0.25, 0.3) is 0 Å². The summed E-state index contributed by atoms with van der Waals surface area (Å²) in [5.74, 6) is 0. The zero-order chi connectivity index (χ0) is 38.0. The molecule has 0 N–H and O–H groups in total. The maximum absolute atomic E-state index is 2.74. The number of nitrogens with zero attached hydrogens (tertiary/aromatic N) is 2. The van der Waals surface area contributed by atoms with Crippen LogP contribution in [0.3, 0.4) is 0 Å². The molecule has 2 nitrogen and oxygen atoms in total. The lowest BCUT2D eigenvalue weighted by Gasteiger charge is -2.33. The van der Waals surface area contributed by atoms with Crippen molar-refractivity contribution < 1.29 is 0 Å². The molecule has 316 valence electrons. The van der Waals surface area contributed by atoms with E-state index in [1.165, 1.54) is 289 Å². The minimum absolute atomic E-state index is 0.636. The third-order valence-corrected chi connectivity index (χ3v) is 12.6. The van der Waals surface area contributed by atoms with Crippen molar-refractivity contribution in [3.8, 4) is 0 Å². The molecule has 0 saturated carbocycles. The molecule has 1 atom stereocenters. The molecule has 0 amide bonds. The van der Waals surface area contributed by atoms with Crippen LogP contribution < -0.4 is 0 Å². The van der Waals surface area contributed by atoms with E-state index in [9.17, 15) is 0 Å². The van der Waals surface area contributed by atoms with E-state index in [0.717, 1.165) is 0 Å². The van der Waals surface area contributed by atoms with Gasteiger partial charge < -0.3 is 9.80 Å². The van der Waals surface area contributed by atoms with Gasteiger partial charge in [-0.25, -0.2) is 0 Å². The third kappa shape index (κ3) is 34.3. The van der Waals surface area contributed by atoms with Crippen LogP contribution in [-0.4, -0.2) is 29.1 Å². The Morgan fingerprint density at radius 2 is 0.434 bits per heavy atom. The SMILES string of the molecule is CCCCCCCCCCCCCCCCCCCC1N(CCCCCCCCCC)C=CN1CCCCCCCCCCCCCCCCCCC. The molecule has 1 aliphatic heterocycles. The van der Waals surface area contributed by atoms with Gasteiger partial charge >= 0.3 is 0 Å². The highest BCUT2D eigenvalue weighted by molar-refractivity contribution is 4.97. The zero-order valence-electron chi connectivity index (χ0n) is 37.4. The van der Waals surface area contributed by atoms with Crippen molar-refractivity contribution in [1.29, 1.82) is 0 Å². The maximum Gasteiger partial charge on any atom is 0.101 e. The zero-order valence-corrected chi connectivity index (χ0v) is 37.4. The Bertz CT molecular complexity index is 702. The highest BCUT2D eigenvalue weighted by Crippen LogP contribution is 2.24. The summed E-state index contributed by atoms with van der Waals surface area (Å²) in [5.41, 5.74) is 0. The molecule has 0 fully saturated rings. The fourth-order valence-electron chi connectivity index (χ4n) is 8.84. The van der Waals surface area contributed by atoms with Crippen LogP contribution in [0.4, 0.5) is 0 Å². The molecule has 53 heavy (non-hydrogen) atoms. The smallest absolute Gasteiger partial charge is 0.101 e. The van der Waals surface area contributed by atoms with Gasteiger partial charge in [0.2, 0.25) is 0 Å². The summed E-state index contributed by atoms with van der Waals surface area (Å²) in [5, 5.41) is 0. The van der Waals surface area contributed by atoms with E-state index < -0.39 is 0 Å². The maximum atomic E-state index is 2.74. The van der Waals surface area contributed by atoms with Gasteiger partial charge in [0.05, 0.1) is 0 Å². The topological polar surface area (TPSA) is 6.48 Å². The Morgan fingerprint density at radius 1 is 0.245 bits per heavy atom. The molecule has 0 bridgehead atoms. The van der Waals surface area contributed by atoms with Gasteiger partial charge in [-0.2, -0.15) is 0 Å². The molecule has 1 rings (SSSR count). The van der Waals surface area contributed by atoms with Gasteiger partial charge in [0, 0.05) is 25.5 Å². The summed E-state index contributed by atoms with van der Waals surface area (Å²) < 4.78 is 0. The summed E-state index contributed by atoms with van der Waals surface area (Å²) in [4.78, 5) is 5.47. The Kier molecular flexibility index (Phi) is 40.4. The molecule has 1 heterocycles. The third-order valence-electron chi connectivity index (χ3n) is 12.6. The first-order valence-electron chi connectivity index (χ1n) is 25.5. The van der Waals surface area contributed by atoms with Gasteiger partial charge in [-0.05, 0) is 25.7 Å². The number of hydrogen-bond acceptors (Lipinski definition) is 2. The second-order valence-electron chi connectivity index (χ2n) is 17.8. The molecule has 0 saturated heterocycles. The second kappa shape index (κ2) is 42.5. The minimum atomic E-state index is 0.636. The lowest BCUT2D eigenvalue weighted by molar-refractivity contribution is 0.135. The van der Waals surface area contributed by atoms with Crippen molar-refractivity contribution in [2.75, 3.05) is 13.1 Å². The van der Waals surface area contributed by atoms with E-state index in [-0.39, 0.29) is 0 Å². The quantitative estimate of drug-likeness (QED) is 0.0573. The van der Waals surface area contributed by atoms with Gasteiger partial charge in [-0.15, -0.1) is 0 Å². The van der Waals surface area contributed by atoms with Crippen molar-refractivity contribution in [3.05, 3.63) is 12.4 Å². The van der Waals surface area contributed by atoms with Crippen LogP contribution in [-0.2, 0) is 0 Å². The molecular formula is C51H102N2.